The molecule has 0 aromatic rings. The van der Waals surface area contributed by atoms with E-state index in [1.54, 1.807) is 0 Å². The van der Waals surface area contributed by atoms with Crippen molar-refractivity contribution in [3.8, 4) is 0 Å². The maximum absolute atomic E-state index is 10.8. The van der Waals surface area contributed by atoms with Crippen LogP contribution in [0.2, 0.25) is 0 Å². The molecular formula is C21H38O2. The van der Waals surface area contributed by atoms with Crippen LogP contribution >= 0.6 is 0 Å². The summed E-state index contributed by atoms with van der Waals surface area (Å²) in [5.74, 6) is -0.303. The number of unbranched alkanes of at least 4 members (excludes halogenated alkanes) is 13. The predicted molar refractivity (Wildman–Crippen MR) is 101 cm³/mol. The van der Waals surface area contributed by atoms with Crippen LogP contribution in [0.15, 0.2) is 24.8 Å². The summed E-state index contributed by atoms with van der Waals surface area (Å²) >= 11 is 0. The van der Waals surface area contributed by atoms with Crippen LogP contribution in [0.1, 0.15) is 96.8 Å². The highest BCUT2D eigenvalue weighted by molar-refractivity contribution is 5.81. The third kappa shape index (κ3) is 18.9. The molecule has 0 rings (SSSR count). The molecule has 0 amide bonds. The number of carbonyl (C=O) groups excluding carboxylic acids is 1. The lowest BCUT2D eigenvalue weighted by molar-refractivity contribution is -0.137. The van der Waals surface area contributed by atoms with Gasteiger partial charge in [0.15, 0.2) is 0 Å². The second-order valence-corrected chi connectivity index (χ2v) is 6.33. The van der Waals surface area contributed by atoms with Crippen molar-refractivity contribution in [1.82, 2.24) is 0 Å². The summed E-state index contributed by atoms with van der Waals surface area (Å²) in [4.78, 5) is 10.8. The van der Waals surface area contributed by atoms with Gasteiger partial charge >= 0.3 is 5.97 Å². The van der Waals surface area contributed by atoms with Crippen LogP contribution in [0.5, 0.6) is 0 Å². The van der Waals surface area contributed by atoms with Crippen molar-refractivity contribution in [3.63, 3.8) is 0 Å². The van der Waals surface area contributed by atoms with Crippen molar-refractivity contribution in [2.24, 2.45) is 0 Å². The molecule has 0 saturated heterocycles. The lowest BCUT2D eigenvalue weighted by Gasteiger charge is -2.03. The van der Waals surface area contributed by atoms with Crippen molar-refractivity contribution in [1.29, 1.82) is 0 Å². The molecule has 0 spiro atoms. The number of hydrogen-bond donors (Lipinski definition) is 0. The van der Waals surface area contributed by atoms with Gasteiger partial charge in [-0.05, 0) is 26.2 Å². The van der Waals surface area contributed by atoms with Gasteiger partial charge in [0, 0.05) is 6.08 Å². The molecule has 0 N–H and O–H groups in total. The average molecular weight is 323 g/mol. The van der Waals surface area contributed by atoms with Crippen LogP contribution in [-0.4, -0.2) is 12.6 Å². The smallest absolute Gasteiger partial charge is 0.330 e. The highest BCUT2D eigenvalue weighted by Gasteiger charge is 1.96. The third-order valence-corrected chi connectivity index (χ3v) is 4.16. The molecule has 0 fully saturated rings. The Kier molecular flexibility index (Phi) is 18.1. The molecule has 2 nitrogen and oxygen atoms in total. The highest BCUT2D eigenvalue weighted by atomic mass is 16.5. The van der Waals surface area contributed by atoms with E-state index in [4.69, 9.17) is 4.74 Å². The fraction of sp³-hybridized carbons (Fsp3) is 0.762. The monoisotopic (exact) mass is 322 g/mol. The first-order valence-corrected chi connectivity index (χ1v) is 9.71. The van der Waals surface area contributed by atoms with Gasteiger partial charge in [-0.1, -0.05) is 89.4 Å². The van der Waals surface area contributed by atoms with Gasteiger partial charge in [0.05, 0.1) is 6.61 Å². The fourth-order valence-electron chi connectivity index (χ4n) is 2.71. The second kappa shape index (κ2) is 19.0. The standard InChI is InChI=1S/C21H38O2/c1-3-5-6-7-8-9-10-11-12-13-14-15-16-17-18-19-20-23-21(22)4-2/h3-5H,2,6-20H2,1H3/b5-3+. The molecule has 0 saturated carbocycles. The summed E-state index contributed by atoms with van der Waals surface area (Å²) in [6, 6.07) is 0. The van der Waals surface area contributed by atoms with Crippen molar-refractivity contribution in [2.75, 3.05) is 6.61 Å². The summed E-state index contributed by atoms with van der Waals surface area (Å²) < 4.78 is 4.95. The van der Waals surface area contributed by atoms with Gasteiger partial charge in [-0.2, -0.15) is 0 Å². The summed E-state index contributed by atoms with van der Waals surface area (Å²) in [5.41, 5.74) is 0. The first-order valence-electron chi connectivity index (χ1n) is 9.71. The maximum atomic E-state index is 10.8. The molecule has 2 heteroatoms. The highest BCUT2D eigenvalue weighted by Crippen LogP contribution is 2.13. The summed E-state index contributed by atoms with van der Waals surface area (Å²) in [6.07, 6.45) is 24.2. The molecule has 0 aliphatic heterocycles. The van der Waals surface area contributed by atoms with Gasteiger partial charge in [0.25, 0.3) is 0 Å². The lowest BCUT2D eigenvalue weighted by Crippen LogP contribution is -2.01. The molecule has 0 atom stereocenters. The van der Waals surface area contributed by atoms with Crippen LogP contribution in [0.3, 0.4) is 0 Å². The van der Waals surface area contributed by atoms with Crippen LogP contribution < -0.4 is 0 Å². The summed E-state index contributed by atoms with van der Waals surface area (Å²) in [5, 5.41) is 0. The fourth-order valence-corrected chi connectivity index (χ4v) is 2.71. The molecule has 0 heterocycles. The SMILES string of the molecule is C=CC(=O)OCCCCCCCCCCCCCCC/C=C/C. The number of esters is 1. The second-order valence-electron chi connectivity index (χ2n) is 6.33. The number of carbonyl (C=O) groups is 1. The first kappa shape index (κ1) is 21.9. The van der Waals surface area contributed by atoms with Crippen molar-refractivity contribution >= 4 is 5.97 Å². The molecule has 0 aromatic carbocycles. The largest absolute Gasteiger partial charge is 0.463 e. The van der Waals surface area contributed by atoms with Crippen LogP contribution in [0.4, 0.5) is 0 Å². The van der Waals surface area contributed by atoms with E-state index in [1.807, 2.05) is 0 Å². The van der Waals surface area contributed by atoms with Crippen LogP contribution in [0.25, 0.3) is 0 Å². The van der Waals surface area contributed by atoms with E-state index in [1.165, 1.54) is 83.1 Å². The average Bonchev–Trinajstić information content (AvgIpc) is 2.57. The first-order chi connectivity index (χ1) is 11.3. The van der Waals surface area contributed by atoms with Crippen LogP contribution in [0, 0.1) is 0 Å². The molecule has 0 radical (unpaired) electrons. The molecule has 0 bridgehead atoms. The maximum Gasteiger partial charge on any atom is 0.330 e. The van der Waals surface area contributed by atoms with E-state index >= 15 is 0 Å². The minimum atomic E-state index is -0.303. The van der Waals surface area contributed by atoms with Crippen LogP contribution in [-0.2, 0) is 9.53 Å². The van der Waals surface area contributed by atoms with E-state index in [-0.39, 0.29) is 5.97 Å². The number of hydrogen-bond acceptors (Lipinski definition) is 2. The van der Waals surface area contributed by atoms with E-state index in [2.05, 4.69) is 25.7 Å². The van der Waals surface area contributed by atoms with Gasteiger partial charge in [0.2, 0.25) is 0 Å². The normalized spacial score (nSPS) is 11.0. The lowest BCUT2D eigenvalue weighted by atomic mass is 10.0. The molecule has 0 unspecified atom stereocenters. The van der Waals surface area contributed by atoms with Gasteiger partial charge < -0.3 is 4.74 Å². The van der Waals surface area contributed by atoms with Gasteiger partial charge in [-0.15, -0.1) is 0 Å². The minimum Gasteiger partial charge on any atom is -0.463 e. The van der Waals surface area contributed by atoms with Crippen molar-refractivity contribution in [3.05, 3.63) is 24.8 Å². The number of rotatable bonds is 17. The summed E-state index contributed by atoms with van der Waals surface area (Å²) in [6.45, 7) is 6.02. The van der Waals surface area contributed by atoms with E-state index in [9.17, 15) is 4.79 Å². The van der Waals surface area contributed by atoms with Crippen molar-refractivity contribution in [2.45, 2.75) is 96.8 Å². The van der Waals surface area contributed by atoms with E-state index < -0.39 is 0 Å². The Bertz CT molecular complexity index is 294. The molecule has 134 valence electrons. The molecule has 0 aliphatic rings. The molecule has 23 heavy (non-hydrogen) atoms. The Labute approximate surface area is 144 Å². The molecular weight excluding hydrogens is 284 g/mol. The summed E-state index contributed by atoms with van der Waals surface area (Å²) in [7, 11) is 0. The number of ether oxygens (including phenoxy) is 1. The van der Waals surface area contributed by atoms with Gasteiger partial charge in [-0.3, -0.25) is 0 Å². The predicted octanol–water partition coefficient (Wildman–Crippen LogP) is 6.75. The van der Waals surface area contributed by atoms with E-state index in [0.717, 1.165) is 12.8 Å². The zero-order valence-corrected chi connectivity index (χ0v) is 15.4. The Morgan fingerprint density at radius 2 is 1.22 bits per heavy atom. The Morgan fingerprint density at radius 1 is 0.783 bits per heavy atom. The quantitative estimate of drug-likeness (QED) is 0.128. The topological polar surface area (TPSA) is 26.3 Å². The Morgan fingerprint density at radius 3 is 1.65 bits per heavy atom. The Balaban J connectivity index is 3.02. The van der Waals surface area contributed by atoms with Gasteiger partial charge in [0.1, 0.15) is 0 Å². The number of allylic oxidation sites excluding steroid dienone is 2. The Hall–Kier alpha value is -1.05. The minimum absolute atomic E-state index is 0.303. The zero-order chi connectivity index (χ0) is 17.0. The zero-order valence-electron chi connectivity index (χ0n) is 15.4. The molecule has 0 aliphatic carbocycles. The molecule has 0 aromatic heterocycles. The van der Waals surface area contributed by atoms with Crippen molar-refractivity contribution < 1.29 is 9.53 Å². The third-order valence-electron chi connectivity index (χ3n) is 4.16. The van der Waals surface area contributed by atoms with Gasteiger partial charge in [-0.25, -0.2) is 4.79 Å². The van der Waals surface area contributed by atoms with E-state index in [0.29, 0.717) is 6.61 Å².